The van der Waals surface area contributed by atoms with Crippen molar-refractivity contribution in [2.75, 3.05) is 13.7 Å². The number of amides is 1. The maximum Gasteiger partial charge on any atom is 0.326 e. The third-order valence-electron chi connectivity index (χ3n) is 3.77. The second-order valence-electron chi connectivity index (χ2n) is 5.37. The molecule has 21 heavy (non-hydrogen) atoms. The average Bonchev–Trinajstić information content (AvgIpc) is 2.90. The highest BCUT2D eigenvalue weighted by atomic mass is 16.5. The molecule has 2 rings (SSSR count). The maximum atomic E-state index is 12.0. The molecule has 1 atom stereocenters. The minimum atomic E-state index is -1.03. The number of rotatable bonds is 7. The molecule has 0 spiro atoms. The largest absolute Gasteiger partial charge is 0.480 e. The van der Waals surface area contributed by atoms with Crippen LogP contribution in [0, 0.1) is 0 Å². The Labute approximate surface area is 124 Å². The topological polar surface area (TPSA) is 75.6 Å². The molecule has 0 saturated carbocycles. The number of aryl methyl sites for hydroxylation is 2. The molecule has 1 aliphatic rings. The minimum absolute atomic E-state index is 0.212. The molecule has 1 unspecified atom stereocenters. The molecular formula is C16H21NO4. The van der Waals surface area contributed by atoms with Gasteiger partial charge in [0.05, 0.1) is 6.42 Å². The summed E-state index contributed by atoms with van der Waals surface area (Å²) in [7, 11) is 1.51. The first kappa shape index (κ1) is 15.5. The highest BCUT2D eigenvalue weighted by Crippen LogP contribution is 2.22. The zero-order valence-corrected chi connectivity index (χ0v) is 12.2. The smallest absolute Gasteiger partial charge is 0.326 e. The summed E-state index contributed by atoms with van der Waals surface area (Å²) in [5, 5.41) is 11.6. The van der Waals surface area contributed by atoms with Gasteiger partial charge in [0.25, 0.3) is 0 Å². The van der Waals surface area contributed by atoms with Gasteiger partial charge in [-0.2, -0.15) is 0 Å². The number of nitrogens with one attached hydrogen (secondary N) is 1. The summed E-state index contributed by atoms with van der Waals surface area (Å²) in [6.07, 6.45) is 3.82. The van der Waals surface area contributed by atoms with Crippen LogP contribution in [-0.2, 0) is 33.6 Å². The molecule has 1 aromatic carbocycles. The van der Waals surface area contributed by atoms with Gasteiger partial charge in [-0.1, -0.05) is 18.2 Å². The van der Waals surface area contributed by atoms with E-state index in [9.17, 15) is 9.59 Å². The Hall–Kier alpha value is -1.88. The fraction of sp³-hybridized carbons (Fsp3) is 0.500. The van der Waals surface area contributed by atoms with E-state index in [1.807, 2.05) is 6.07 Å². The summed E-state index contributed by atoms with van der Waals surface area (Å²) < 4.78 is 4.86. The van der Waals surface area contributed by atoms with E-state index in [-0.39, 0.29) is 18.7 Å². The molecule has 2 N–H and O–H groups in total. The van der Waals surface area contributed by atoms with Crippen LogP contribution in [-0.4, -0.2) is 36.7 Å². The number of hydrogen-bond donors (Lipinski definition) is 2. The number of aliphatic carboxylic acids is 1. The van der Waals surface area contributed by atoms with E-state index in [1.165, 1.54) is 24.7 Å². The van der Waals surface area contributed by atoms with Gasteiger partial charge in [-0.25, -0.2) is 4.79 Å². The molecule has 0 aliphatic heterocycles. The molecule has 0 saturated heterocycles. The Morgan fingerprint density at radius 1 is 1.33 bits per heavy atom. The Balaban J connectivity index is 1.92. The van der Waals surface area contributed by atoms with Crippen LogP contribution < -0.4 is 5.32 Å². The van der Waals surface area contributed by atoms with Crippen LogP contribution in [0.1, 0.15) is 29.5 Å². The Morgan fingerprint density at radius 2 is 2.10 bits per heavy atom. The van der Waals surface area contributed by atoms with E-state index >= 15 is 0 Å². The molecule has 0 bridgehead atoms. The van der Waals surface area contributed by atoms with Gasteiger partial charge < -0.3 is 15.2 Å². The van der Waals surface area contributed by atoms with E-state index in [4.69, 9.17) is 9.84 Å². The number of hydrogen-bond acceptors (Lipinski definition) is 3. The van der Waals surface area contributed by atoms with Gasteiger partial charge in [0.15, 0.2) is 0 Å². The van der Waals surface area contributed by atoms with Crippen LogP contribution in [0.5, 0.6) is 0 Å². The van der Waals surface area contributed by atoms with E-state index in [2.05, 4.69) is 17.4 Å². The van der Waals surface area contributed by atoms with Gasteiger partial charge in [-0.05, 0) is 36.0 Å². The summed E-state index contributed by atoms with van der Waals surface area (Å²) in [4.78, 5) is 23.1. The number of methoxy groups -OCH3 is 1. The molecule has 114 valence electrons. The van der Waals surface area contributed by atoms with E-state index < -0.39 is 12.0 Å². The van der Waals surface area contributed by atoms with Crippen molar-refractivity contribution in [3.05, 3.63) is 34.9 Å². The first-order valence-electron chi connectivity index (χ1n) is 7.22. The van der Waals surface area contributed by atoms with Crippen molar-refractivity contribution in [2.24, 2.45) is 0 Å². The Kier molecular flexibility index (Phi) is 5.33. The minimum Gasteiger partial charge on any atom is -0.480 e. The monoisotopic (exact) mass is 291 g/mol. The molecule has 5 heteroatoms. The Morgan fingerprint density at radius 3 is 2.81 bits per heavy atom. The van der Waals surface area contributed by atoms with Crippen molar-refractivity contribution in [1.29, 1.82) is 0 Å². The second-order valence-corrected chi connectivity index (χ2v) is 5.37. The lowest BCUT2D eigenvalue weighted by Crippen LogP contribution is -2.42. The quantitative estimate of drug-likeness (QED) is 0.794. The fourth-order valence-corrected chi connectivity index (χ4v) is 2.66. The normalized spacial score (nSPS) is 14.5. The number of carbonyl (C=O) groups is 2. The summed E-state index contributed by atoms with van der Waals surface area (Å²) in [5.41, 5.74) is 3.61. The van der Waals surface area contributed by atoms with Crippen molar-refractivity contribution in [2.45, 2.75) is 38.1 Å². The van der Waals surface area contributed by atoms with Crippen LogP contribution in [0.4, 0.5) is 0 Å². The molecule has 1 aliphatic carbocycles. The first-order chi connectivity index (χ1) is 10.1. The number of carboxylic acids is 1. The zero-order chi connectivity index (χ0) is 15.2. The lowest BCUT2D eigenvalue weighted by Gasteiger charge is -2.14. The summed E-state index contributed by atoms with van der Waals surface area (Å²) in [6, 6.07) is 5.19. The van der Waals surface area contributed by atoms with Crippen molar-refractivity contribution < 1.29 is 19.4 Å². The average molecular weight is 291 g/mol. The third-order valence-corrected chi connectivity index (χ3v) is 3.77. The SMILES string of the molecule is COCCC(NC(=O)Cc1ccc2c(c1)CCC2)C(=O)O. The van der Waals surface area contributed by atoms with Gasteiger partial charge >= 0.3 is 5.97 Å². The third kappa shape index (κ3) is 4.29. The lowest BCUT2D eigenvalue weighted by atomic mass is 10.0. The van der Waals surface area contributed by atoms with Crippen molar-refractivity contribution in [1.82, 2.24) is 5.32 Å². The van der Waals surface area contributed by atoms with Crippen molar-refractivity contribution >= 4 is 11.9 Å². The van der Waals surface area contributed by atoms with Crippen molar-refractivity contribution in [3.63, 3.8) is 0 Å². The van der Waals surface area contributed by atoms with Gasteiger partial charge in [-0.15, -0.1) is 0 Å². The Bertz CT molecular complexity index is 527. The fourth-order valence-electron chi connectivity index (χ4n) is 2.66. The van der Waals surface area contributed by atoms with E-state index in [1.54, 1.807) is 0 Å². The molecule has 0 aromatic heterocycles. The molecular weight excluding hydrogens is 270 g/mol. The number of fused-ring (bicyclic) bond motifs is 1. The van der Waals surface area contributed by atoms with E-state index in [0.717, 1.165) is 18.4 Å². The van der Waals surface area contributed by atoms with Gasteiger partial charge in [0, 0.05) is 20.1 Å². The van der Waals surface area contributed by atoms with Crippen molar-refractivity contribution in [3.8, 4) is 0 Å². The van der Waals surface area contributed by atoms with Gasteiger partial charge in [0.2, 0.25) is 5.91 Å². The van der Waals surface area contributed by atoms with Crippen LogP contribution in [0.2, 0.25) is 0 Å². The van der Waals surface area contributed by atoms with E-state index in [0.29, 0.717) is 6.61 Å². The summed E-state index contributed by atoms with van der Waals surface area (Å²) >= 11 is 0. The number of benzene rings is 1. The summed E-state index contributed by atoms with van der Waals surface area (Å²) in [6.45, 7) is 0.302. The molecule has 0 fully saturated rings. The molecule has 1 amide bonds. The predicted molar refractivity (Wildman–Crippen MR) is 78.2 cm³/mol. The van der Waals surface area contributed by atoms with Crippen LogP contribution >= 0.6 is 0 Å². The molecule has 0 radical (unpaired) electrons. The van der Waals surface area contributed by atoms with Crippen LogP contribution in [0.15, 0.2) is 18.2 Å². The number of carboxylic acid groups (broad SMARTS) is 1. The zero-order valence-electron chi connectivity index (χ0n) is 12.2. The summed E-state index contributed by atoms with van der Waals surface area (Å²) in [5.74, 6) is -1.30. The molecule has 0 heterocycles. The molecule has 1 aromatic rings. The standard InChI is InChI=1S/C16H21NO4/c1-21-8-7-14(16(19)20)17-15(18)10-11-5-6-12-3-2-4-13(12)9-11/h5-6,9,14H,2-4,7-8,10H2,1H3,(H,17,18)(H,19,20). The molecule has 5 nitrogen and oxygen atoms in total. The lowest BCUT2D eigenvalue weighted by molar-refractivity contribution is -0.142. The number of carbonyl (C=O) groups excluding carboxylic acids is 1. The van der Waals surface area contributed by atoms with Crippen LogP contribution in [0.3, 0.4) is 0 Å². The predicted octanol–water partition coefficient (Wildman–Crippen LogP) is 1.32. The second kappa shape index (κ2) is 7.22. The first-order valence-corrected chi connectivity index (χ1v) is 7.22. The highest BCUT2D eigenvalue weighted by Gasteiger charge is 2.20. The number of ether oxygens (including phenoxy) is 1. The van der Waals surface area contributed by atoms with Gasteiger partial charge in [0.1, 0.15) is 6.04 Å². The van der Waals surface area contributed by atoms with Gasteiger partial charge in [-0.3, -0.25) is 4.79 Å². The van der Waals surface area contributed by atoms with Crippen LogP contribution in [0.25, 0.3) is 0 Å². The maximum absolute atomic E-state index is 12.0. The highest BCUT2D eigenvalue weighted by molar-refractivity contribution is 5.84.